The molecule has 0 saturated carbocycles. The molecule has 5 rings (SSSR count). The first-order valence-corrected chi connectivity index (χ1v) is 10.7. The van der Waals surface area contributed by atoms with Crippen LogP contribution in [0.2, 0.25) is 0 Å². The van der Waals surface area contributed by atoms with Crippen LogP contribution in [0.5, 0.6) is 0 Å². The van der Waals surface area contributed by atoms with Gasteiger partial charge >= 0.3 is 0 Å². The smallest absolute Gasteiger partial charge is 0.239 e. The van der Waals surface area contributed by atoms with Gasteiger partial charge in [0.05, 0.1) is 35.4 Å². The van der Waals surface area contributed by atoms with Gasteiger partial charge in [-0.25, -0.2) is 19.3 Å². The van der Waals surface area contributed by atoms with Crippen molar-refractivity contribution in [2.24, 2.45) is 0 Å². The summed E-state index contributed by atoms with van der Waals surface area (Å²) >= 11 is 0. The molecule has 0 aliphatic carbocycles. The molecule has 2 aromatic heterocycles. The first-order chi connectivity index (χ1) is 15.4. The highest BCUT2D eigenvalue weighted by Gasteiger charge is 2.33. The van der Waals surface area contributed by atoms with E-state index in [2.05, 4.69) is 25.6 Å². The number of aryl methyl sites for hydroxylation is 1. The van der Waals surface area contributed by atoms with Gasteiger partial charge in [0.2, 0.25) is 11.9 Å². The fourth-order valence-electron chi connectivity index (χ4n) is 4.64. The maximum Gasteiger partial charge on any atom is 0.239 e. The summed E-state index contributed by atoms with van der Waals surface area (Å²) < 4.78 is 22.3. The third kappa shape index (κ3) is 3.69. The van der Waals surface area contributed by atoms with E-state index in [1.165, 1.54) is 12.1 Å². The Labute approximate surface area is 185 Å². The fraction of sp³-hybridized carbons (Fsp3) is 0.455. The molecule has 9 nitrogen and oxygen atoms in total. The Morgan fingerprint density at radius 1 is 1.25 bits per heavy atom. The molecule has 1 amide bonds. The second kappa shape index (κ2) is 8.10. The summed E-state index contributed by atoms with van der Waals surface area (Å²) in [5, 5.41) is 6.60. The number of methoxy groups -OCH3 is 1. The van der Waals surface area contributed by atoms with Gasteiger partial charge in [0.15, 0.2) is 0 Å². The van der Waals surface area contributed by atoms with Crippen molar-refractivity contribution in [1.82, 2.24) is 29.7 Å². The van der Waals surface area contributed by atoms with E-state index >= 15 is 0 Å². The van der Waals surface area contributed by atoms with E-state index in [1.54, 1.807) is 31.3 Å². The Balaban J connectivity index is 1.68. The number of aromatic nitrogens is 4. The van der Waals surface area contributed by atoms with Crippen LogP contribution in [0.25, 0.3) is 22.3 Å². The molecule has 1 aromatic carbocycles. The fourth-order valence-corrected chi connectivity index (χ4v) is 4.64. The van der Waals surface area contributed by atoms with Gasteiger partial charge in [0.1, 0.15) is 11.6 Å². The van der Waals surface area contributed by atoms with Gasteiger partial charge in [-0.15, -0.1) is 0 Å². The molecule has 3 aromatic rings. The van der Waals surface area contributed by atoms with Gasteiger partial charge in [-0.3, -0.25) is 4.79 Å². The minimum absolute atomic E-state index is 0.0104. The number of nitrogens with one attached hydrogen (secondary N) is 2. The number of halogens is 1. The zero-order chi connectivity index (χ0) is 22.4. The maximum absolute atomic E-state index is 14.5. The average Bonchev–Trinajstić information content (AvgIpc) is 3.35. The molecular weight excluding hydrogens is 413 g/mol. The molecule has 2 N–H and O–H groups in total. The van der Waals surface area contributed by atoms with Crippen molar-refractivity contribution in [1.29, 1.82) is 0 Å². The van der Waals surface area contributed by atoms with Gasteiger partial charge in [0.25, 0.3) is 0 Å². The number of ether oxygens (including phenoxy) is 1. The molecule has 1 saturated heterocycles. The van der Waals surface area contributed by atoms with E-state index in [-0.39, 0.29) is 29.9 Å². The standard InChI is InChI=1S/C22H26FN7O2/c1-12-26-18-7-13(23)6-16-17-4-5-24-22(28-17)27-14-8-19(25-9-14)21(31)29(2)10-15(32-3)11-30(12)20(16)18/h4-7,14-15,19,25H,8-11H2,1-3H3,(H,24,27,28)/t14?,15-,19-/m0/s1. The number of rotatable bonds is 1. The number of nitrogens with zero attached hydrogens (tertiary/aromatic N) is 5. The lowest BCUT2D eigenvalue weighted by atomic mass is 10.1. The number of imidazole rings is 1. The minimum atomic E-state index is -0.375. The molecule has 4 heterocycles. The van der Waals surface area contributed by atoms with Crippen molar-refractivity contribution in [2.45, 2.75) is 38.1 Å². The SMILES string of the molecule is CO[C@H]1CN(C)C(=O)[C@@H]2CC(CN2)Nc2nccc(n2)-c2cc(F)cc3nc(C)n(c23)C1. The molecule has 2 aliphatic rings. The molecule has 2 aliphatic heterocycles. The predicted molar refractivity (Wildman–Crippen MR) is 118 cm³/mol. The van der Waals surface area contributed by atoms with Crippen molar-refractivity contribution in [3.05, 3.63) is 36.0 Å². The van der Waals surface area contributed by atoms with Crippen LogP contribution in [0, 0.1) is 12.7 Å². The van der Waals surface area contributed by atoms with Crippen LogP contribution in [0.15, 0.2) is 24.4 Å². The summed E-state index contributed by atoms with van der Waals surface area (Å²) in [5.74, 6) is 0.830. The first kappa shape index (κ1) is 20.8. The van der Waals surface area contributed by atoms with Crippen LogP contribution in [-0.4, -0.2) is 75.8 Å². The Morgan fingerprint density at radius 3 is 2.91 bits per heavy atom. The minimum Gasteiger partial charge on any atom is -0.378 e. The largest absolute Gasteiger partial charge is 0.378 e. The highest BCUT2D eigenvalue weighted by Crippen LogP contribution is 2.31. The highest BCUT2D eigenvalue weighted by molar-refractivity contribution is 5.92. The predicted octanol–water partition coefficient (Wildman–Crippen LogP) is 1.57. The maximum atomic E-state index is 14.5. The van der Waals surface area contributed by atoms with Crippen molar-refractivity contribution in [2.75, 3.05) is 32.6 Å². The lowest BCUT2D eigenvalue weighted by Gasteiger charge is -2.26. The summed E-state index contributed by atoms with van der Waals surface area (Å²) in [6.07, 6.45) is 2.02. The summed E-state index contributed by atoms with van der Waals surface area (Å²) in [7, 11) is 3.43. The zero-order valence-corrected chi connectivity index (χ0v) is 18.3. The van der Waals surface area contributed by atoms with E-state index in [9.17, 15) is 9.18 Å². The second-order valence-electron chi connectivity index (χ2n) is 8.47. The van der Waals surface area contributed by atoms with Crippen molar-refractivity contribution >= 4 is 22.9 Å². The number of hydrogen-bond acceptors (Lipinski definition) is 7. The van der Waals surface area contributed by atoms with Crippen LogP contribution in [0.4, 0.5) is 10.3 Å². The quantitative estimate of drug-likeness (QED) is 0.594. The molecular formula is C22H26FN7O2. The number of carbonyl (C=O) groups excluding carboxylic acids is 1. The van der Waals surface area contributed by atoms with E-state index < -0.39 is 0 Å². The van der Waals surface area contributed by atoms with Crippen LogP contribution in [0.3, 0.4) is 0 Å². The summed E-state index contributed by atoms with van der Waals surface area (Å²) in [6.45, 7) is 3.40. The number of likely N-dealkylation sites (N-methyl/N-ethyl adjacent to an activating group) is 1. The molecule has 3 atom stereocenters. The molecule has 10 heteroatoms. The van der Waals surface area contributed by atoms with Crippen molar-refractivity contribution < 1.29 is 13.9 Å². The third-order valence-electron chi connectivity index (χ3n) is 6.26. The van der Waals surface area contributed by atoms with Gasteiger partial charge in [0, 0.05) is 51.1 Å². The molecule has 1 unspecified atom stereocenters. The highest BCUT2D eigenvalue weighted by atomic mass is 19.1. The number of hydrogen-bond donors (Lipinski definition) is 2. The Kier molecular flexibility index (Phi) is 5.26. The number of fused-ring (bicyclic) bond motifs is 5. The summed E-state index contributed by atoms with van der Waals surface area (Å²) in [5.41, 5.74) is 2.58. The van der Waals surface area contributed by atoms with E-state index in [1.807, 2.05) is 11.5 Å². The number of amides is 1. The topological polar surface area (TPSA) is 97.2 Å². The lowest BCUT2D eigenvalue weighted by Crippen LogP contribution is -2.45. The van der Waals surface area contributed by atoms with Crippen LogP contribution in [0.1, 0.15) is 12.2 Å². The molecule has 4 bridgehead atoms. The van der Waals surface area contributed by atoms with Crippen LogP contribution in [-0.2, 0) is 16.1 Å². The Morgan fingerprint density at radius 2 is 2.09 bits per heavy atom. The van der Waals surface area contributed by atoms with E-state index in [4.69, 9.17) is 4.74 Å². The molecule has 0 radical (unpaired) electrons. The molecule has 0 spiro atoms. The van der Waals surface area contributed by atoms with Gasteiger partial charge in [-0.1, -0.05) is 0 Å². The lowest BCUT2D eigenvalue weighted by molar-refractivity contribution is -0.133. The second-order valence-corrected chi connectivity index (χ2v) is 8.47. The number of anilines is 1. The van der Waals surface area contributed by atoms with Gasteiger partial charge in [-0.2, -0.15) is 0 Å². The normalized spacial score (nSPS) is 23.7. The molecule has 168 valence electrons. The van der Waals surface area contributed by atoms with Crippen LogP contribution >= 0.6 is 0 Å². The summed E-state index contributed by atoms with van der Waals surface area (Å²) in [6, 6.07) is 4.41. The third-order valence-corrected chi connectivity index (χ3v) is 6.26. The first-order valence-electron chi connectivity index (χ1n) is 10.7. The number of carbonyl (C=O) groups is 1. The van der Waals surface area contributed by atoms with Gasteiger partial charge in [-0.05, 0) is 25.5 Å². The Bertz CT molecular complexity index is 1180. The average molecular weight is 439 g/mol. The van der Waals surface area contributed by atoms with Crippen molar-refractivity contribution in [3.63, 3.8) is 0 Å². The Hall–Kier alpha value is -3.11. The molecule has 1 fully saturated rings. The monoisotopic (exact) mass is 439 g/mol. The van der Waals surface area contributed by atoms with Crippen LogP contribution < -0.4 is 10.6 Å². The van der Waals surface area contributed by atoms with Gasteiger partial charge < -0.3 is 24.8 Å². The molecule has 32 heavy (non-hydrogen) atoms. The summed E-state index contributed by atoms with van der Waals surface area (Å²) in [4.78, 5) is 28.3. The number of benzene rings is 1. The van der Waals surface area contributed by atoms with E-state index in [0.717, 1.165) is 11.3 Å². The van der Waals surface area contributed by atoms with E-state index in [0.29, 0.717) is 48.8 Å². The van der Waals surface area contributed by atoms with Crippen molar-refractivity contribution in [3.8, 4) is 11.3 Å². The zero-order valence-electron chi connectivity index (χ0n) is 18.3.